The van der Waals surface area contributed by atoms with Gasteiger partial charge in [-0.2, -0.15) is 0 Å². The largest absolute Gasteiger partial charge is 0.481 e. The Kier molecular flexibility index (Phi) is 6.22. The third-order valence-corrected chi connectivity index (χ3v) is 2.92. The molecule has 0 amide bonds. The van der Waals surface area contributed by atoms with Gasteiger partial charge in [-0.1, -0.05) is 13.8 Å². The van der Waals surface area contributed by atoms with Crippen molar-refractivity contribution in [2.75, 3.05) is 39.0 Å². The zero-order chi connectivity index (χ0) is 13.4. The summed E-state index contributed by atoms with van der Waals surface area (Å²) in [5.41, 5.74) is 7.37. The number of benzene rings is 1. The van der Waals surface area contributed by atoms with Gasteiger partial charge in [0.25, 0.3) is 0 Å². The summed E-state index contributed by atoms with van der Waals surface area (Å²) in [4.78, 5) is 6.82. The van der Waals surface area contributed by atoms with Crippen molar-refractivity contribution in [3.8, 4) is 0 Å². The molecule has 0 fully saturated rings. The molecule has 0 spiro atoms. The number of ether oxygens (including phenoxy) is 1. The van der Waals surface area contributed by atoms with Crippen LogP contribution in [0.5, 0.6) is 0 Å². The van der Waals surface area contributed by atoms with Crippen LogP contribution in [0, 0.1) is 0 Å². The summed E-state index contributed by atoms with van der Waals surface area (Å²) in [7, 11) is 1.65. The van der Waals surface area contributed by atoms with Gasteiger partial charge in [0.05, 0.1) is 13.7 Å². The summed E-state index contributed by atoms with van der Waals surface area (Å²) in [6.45, 7) is 8.12. The van der Waals surface area contributed by atoms with Gasteiger partial charge in [-0.3, -0.25) is 0 Å². The van der Waals surface area contributed by atoms with E-state index in [1.54, 1.807) is 7.11 Å². The van der Waals surface area contributed by atoms with Crippen molar-refractivity contribution in [2.45, 2.75) is 13.8 Å². The summed E-state index contributed by atoms with van der Waals surface area (Å²) in [6.07, 6.45) is 0. The van der Waals surface area contributed by atoms with Gasteiger partial charge in [0.1, 0.15) is 0 Å². The molecule has 18 heavy (non-hydrogen) atoms. The maximum atomic E-state index is 5.66. The molecule has 1 rings (SSSR count). The lowest BCUT2D eigenvalue weighted by Crippen LogP contribution is -2.26. The molecule has 0 aliphatic carbocycles. The topological polar surface area (TPSA) is 50.8 Å². The fourth-order valence-corrected chi connectivity index (χ4v) is 1.73. The number of likely N-dealkylation sites (N-methyl/N-ethyl adjacent to an activating group) is 1. The highest BCUT2D eigenvalue weighted by atomic mass is 16.5. The average molecular weight is 249 g/mol. The van der Waals surface area contributed by atoms with Crippen LogP contribution in [0.25, 0.3) is 0 Å². The number of aliphatic imine (C=N–C) groups is 1. The van der Waals surface area contributed by atoms with E-state index in [0.29, 0.717) is 5.90 Å². The van der Waals surface area contributed by atoms with Crippen molar-refractivity contribution in [1.82, 2.24) is 4.90 Å². The van der Waals surface area contributed by atoms with Crippen molar-refractivity contribution >= 4 is 11.6 Å². The number of anilines is 1. The van der Waals surface area contributed by atoms with Crippen LogP contribution in [0.15, 0.2) is 29.3 Å². The molecule has 0 saturated heterocycles. The lowest BCUT2D eigenvalue weighted by atomic mass is 10.2. The van der Waals surface area contributed by atoms with Gasteiger partial charge in [-0.25, -0.2) is 4.99 Å². The lowest BCUT2D eigenvalue weighted by molar-refractivity contribution is 0.311. The monoisotopic (exact) mass is 249 g/mol. The normalized spacial score (nSPS) is 11.9. The minimum Gasteiger partial charge on any atom is -0.481 e. The van der Waals surface area contributed by atoms with E-state index < -0.39 is 0 Å². The third-order valence-electron chi connectivity index (χ3n) is 2.92. The summed E-state index contributed by atoms with van der Waals surface area (Å²) in [6, 6.07) is 7.56. The summed E-state index contributed by atoms with van der Waals surface area (Å²) < 4.78 is 5.32. The SMILES string of the molecule is CCN(CC)CCN=C(OC)c1ccc(N)cc1. The zero-order valence-electron chi connectivity index (χ0n) is 11.5. The molecule has 0 radical (unpaired) electrons. The van der Waals surface area contributed by atoms with Gasteiger partial charge in [0, 0.05) is 17.8 Å². The second kappa shape index (κ2) is 7.71. The molecule has 2 N–H and O–H groups in total. The van der Waals surface area contributed by atoms with Crippen LogP contribution in [0.2, 0.25) is 0 Å². The smallest absolute Gasteiger partial charge is 0.215 e. The first kappa shape index (κ1) is 14.5. The van der Waals surface area contributed by atoms with Crippen molar-refractivity contribution in [3.05, 3.63) is 29.8 Å². The molecule has 4 heteroatoms. The predicted octanol–water partition coefficient (Wildman–Crippen LogP) is 2.00. The second-order valence-corrected chi connectivity index (χ2v) is 4.04. The first-order chi connectivity index (χ1) is 8.71. The van der Waals surface area contributed by atoms with E-state index in [0.717, 1.165) is 37.4 Å². The maximum absolute atomic E-state index is 5.66. The molecule has 0 unspecified atom stereocenters. The number of methoxy groups -OCH3 is 1. The predicted molar refractivity (Wildman–Crippen MR) is 77.1 cm³/mol. The number of nitrogen functional groups attached to an aromatic ring is 1. The molecular weight excluding hydrogens is 226 g/mol. The fourth-order valence-electron chi connectivity index (χ4n) is 1.73. The molecule has 0 atom stereocenters. The van der Waals surface area contributed by atoms with E-state index in [1.165, 1.54) is 0 Å². The van der Waals surface area contributed by atoms with E-state index in [1.807, 2.05) is 24.3 Å². The molecule has 1 aromatic carbocycles. The maximum Gasteiger partial charge on any atom is 0.215 e. The molecule has 0 heterocycles. The number of nitrogens with two attached hydrogens (primary N) is 1. The Morgan fingerprint density at radius 2 is 1.83 bits per heavy atom. The van der Waals surface area contributed by atoms with Gasteiger partial charge in [0.15, 0.2) is 0 Å². The molecule has 4 nitrogen and oxygen atoms in total. The van der Waals surface area contributed by atoms with Crippen LogP contribution in [-0.2, 0) is 4.74 Å². The minimum absolute atomic E-state index is 0.669. The Bertz CT molecular complexity index is 369. The van der Waals surface area contributed by atoms with Gasteiger partial charge in [-0.15, -0.1) is 0 Å². The number of hydrogen-bond acceptors (Lipinski definition) is 4. The number of nitrogens with zero attached hydrogens (tertiary/aromatic N) is 2. The summed E-state index contributed by atoms with van der Waals surface area (Å²) >= 11 is 0. The molecule has 1 aromatic rings. The van der Waals surface area contributed by atoms with E-state index in [9.17, 15) is 0 Å². The Hall–Kier alpha value is -1.55. The van der Waals surface area contributed by atoms with Crippen LogP contribution >= 0.6 is 0 Å². The second-order valence-electron chi connectivity index (χ2n) is 4.04. The fraction of sp³-hybridized carbons (Fsp3) is 0.500. The molecular formula is C14H23N3O. The van der Waals surface area contributed by atoms with Crippen LogP contribution in [-0.4, -0.2) is 44.1 Å². The van der Waals surface area contributed by atoms with Crippen LogP contribution in [0.1, 0.15) is 19.4 Å². The first-order valence-electron chi connectivity index (χ1n) is 6.38. The van der Waals surface area contributed by atoms with Crippen molar-refractivity contribution in [2.24, 2.45) is 4.99 Å². The third kappa shape index (κ3) is 4.37. The van der Waals surface area contributed by atoms with Crippen molar-refractivity contribution in [1.29, 1.82) is 0 Å². The van der Waals surface area contributed by atoms with Gasteiger partial charge >= 0.3 is 0 Å². The Morgan fingerprint density at radius 3 is 2.33 bits per heavy atom. The minimum atomic E-state index is 0.669. The molecule has 0 aliphatic rings. The highest BCUT2D eigenvalue weighted by molar-refractivity contribution is 5.94. The average Bonchev–Trinajstić information content (AvgIpc) is 2.41. The molecule has 0 bridgehead atoms. The quantitative estimate of drug-likeness (QED) is 0.476. The zero-order valence-corrected chi connectivity index (χ0v) is 11.5. The number of rotatable bonds is 6. The van der Waals surface area contributed by atoms with Crippen LogP contribution in [0.3, 0.4) is 0 Å². The Balaban J connectivity index is 2.62. The van der Waals surface area contributed by atoms with E-state index in [-0.39, 0.29) is 0 Å². The standard InChI is InChI=1S/C14H23N3O/c1-4-17(5-2)11-10-16-14(18-3)12-6-8-13(15)9-7-12/h6-9H,4-5,10-11,15H2,1-3H3. The Labute approximate surface area is 109 Å². The van der Waals surface area contributed by atoms with Crippen molar-refractivity contribution in [3.63, 3.8) is 0 Å². The van der Waals surface area contributed by atoms with Gasteiger partial charge in [0.2, 0.25) is 5.90 Å². The first-order valence-corrected chi connectivity index (χ1v) is 6.38. The highest BCUT2D eigenvalue weighted by Gasteiger charge is 2.03. The van der Waals surface area contributed by atoms with Crippen molar-refractivity contribution < 1.29 is 4.74 Å². The van der Waals surface area contributed by atoms with Crippen LogP contribution < -0.4 is 5.73 Å². The molecule has 0 aromatic heterocycles. The lowest BCUT2D eigenvalue weighted by Gasteiger charge is -2.16. The van der Waals surface area contributed by atoms with E-state index in [2.05, 4.69) is 23.7 Å². The van der Waals surface area contributed by atoms with Crippen LogP contribution in [0.4, 0.5) is 5.69 Å². The van der Waals surface area contributed by atoms with Gasteiger partial charge < -0.3 is 15.4 Å². The molecule has 0 aliphatic heterocycles. The summed E-state index contributed by atoms with van der Waals surface area (Å²) in [5, 5.41) is 0. The number of hydrogen-bond donors (Lipinski definition) is 1. The highest BCUT2D eigenvalue weighted by Crippen LogP contribution is 2.07. The van der Waals surface area contributed by atoms with Gasteiger partial charge in [-0.05, 0) is 37.4 Å². The molecule has 0 saturated carbocycles. The van der Waals surface area contributed by atoms with E-state index in [4.69, 9.17) is 10.5 Å². The Morgan fingerprint density at radius 1 is 1.22 bits per heavy atom. The molecule has 100 valence electrons. The van der Waals surface area contributed by atoms with E-state index >= 15 is 0 Å². The summed E-state index contributed by atoms with van der Waals surface area (Å²) in [5.74, 6) is 0.669.